The van der Waals surface area contributed by atoms with Gasteiger partial charge in [0.05, 0.1) is 6.61 Å². The fourth-order valence-corrected chi connectivity index (χ4v) is 5.90. The van der Waals surface area contributed by atoms with Gasteiger partial charge in [0.15, 0.2) is 5.69 Å². The van der Waals surface area contributed by atoms with E-state index < -0.39 is 24.0 Å². The number of carbonyl (C=O) groups is 4. The number of nitrogens with one attached hydrogen (secondary N) is 1. The topological polar surface area (TPSA) is 132 Å². The Hall–Kier alpha value is -3.67. The number of carbonyl (C=O) groups excluding carboxylic acids is 3. The molecule has 1 unspecified atom stereocenters. The Morgan fingerprint density at radius 2 is 1.70 bits per heavy atom. The van der Waals surface area contributed by atoms with Crippen LogP contribution in [0, 0.1) is 0 Å². The molecule has 12 heteroatoms. The lowest BCUT2D eigenvalue weighted by atomic mass is 10.1. The number of aromatic nitrogens is 1. The molecule has 2 N–H and O–H groups in total. The first kappa shape index (κ1) is 29.3. The Labute approximate surface area is 238 Å². The van der Waals surface area contributed by atoms with Crippen molar-refractivity contribution in [2.45, 2.75) is 51.5 Å². The predicted octanol–water partition coefficient (Wildman–Crippen LogP) is 3.45. The molecule has 0 saturated carbocycles. The van der Waals surface area contributed by atoms with E-state index in [2.05, 4.69) is 15.2 Å². The second-order valence-electron chi connectivity index (χ2n) is 9.97. The van der Waals surface area contributed by atoms with Gasteiger partial charge >= 0.3 is 12.1 Å². The van der Waals surface area contributed by atoms with Gasteiger partial charge in [-0.3, -0.25) is 14.4 Å². The molecule has 2 aliphatic heterocycles. The van der Waals surface area contributed by atoms with E-state index in [1.165, 1.54) is 11.3 Å². The van der Waals surface area contributed by atoms with Gasteiger partial charge in [0.2, 0.25) is 5.91 Å². The first-order chi connectivity index (χ1) is 19.4. The van der Waals surface area contributed by atoms with Crippen molar-refractivity contribution in [1.29, 1.82) is 0 Å². The third-order valence-electron chi connectivity index (χ3n) is 7.06. The Balaban J connectivity index is 1.47. The molecule has 0 bridgehead atoms. The molecule has 3 heterocycles. The number of thiazole rings is 1. The summed E-state index contributed by atoms with van der Waals surface area (Å²) in [6.45, 7) is 5.18. The maximum atomic E-state index is 13.6. The standard InChI is InChI=1S/C28H37N5O6S/c1-2-3-19-39-28(38)33-17-15-31(16-18-33)26(37)21(11-12-22(34)35)29-24(36)23-27(32-13-7-8-14-32)40-25(30-23)20-9-5-4-6-10-20/h4-6,9-10,21H,2-3,7-8,11-19H2,1H3,(H,29,36)(H,34,35). The molecule has 11 nitrogen and oxygen atoms in total. The van der Waals surface area contributed by atoms with Crippen molar-refractivity contribution < 1.29 is 29.0 Å². The third-order valence-corrected chi connectivity index (χ3v) is 8.23. The van der Waals surface area contributed by atoms with E-state index in [1.54, 1.807) is 9.80 Å². The Morgan fingerprint density at radius 3 is 2.35 bits per heavy atom. The number of ether oxygens (including phenoxy) is 1. The molecule has 40 heavy (non-hydrogen) atoms. The molecule has 2 fully saturated rings. The van der Waals surface area contributed by atoms with Gasteiger partial charge in [0.1, 0.15) is 16.1 Å². The van der Waals surface area contributed by atoms with Gasteiger partial charge in [-0.05, 0) is 25.7 Å². The first-order valence-corrected chi connectivity index (χ1v) is 14.7. The Kier molecular flexibility index (Phi) is 10.3. The molecule has 4 rings (SSSR count). The van der Waals surface area contributed by atoms with E-state index in [0.29, 0.717) is 24.7 Å². The van der Waals surface area contributed by atoms with Crippen LogP contribution < -0.4 is 10.2 Å². The Morgan fingerprint density at radius 1 is 1.02 bits per heavy atom. The third kappa shape index (κ3) is 7.50. The van der Waals surface area contributed by atoms with Gasteiger partial charge in [0.25, 0.3) is 5.91 Å². The summed E-state index contributed by atoms with van der Waals surface area (Å²) < 4.78 is 5.27. The lowest BCUT2D eigenvalue weighted by Gasteiger charge is -2.36. The maximum Gasteiger partial charge on any atom is 0.409 e. The summed E-state index contributed by atoms with van der Waals surface area (Å²) in [5.41, 5.74) is 1.15. The summed E-state index contributed by atoms with van der Waals surface area (Å²) in [4.78, 5) is 60.7. The molecule has 3 amide bonds. The van der Waals surface area contributed by atoms with Crippen LogP contribution in [0.2, 0.25) is 0 Å². The SMILES string of the molecule is CCCCOC(=O)N1CCN(C(=O)C(CCC(=O)O)NC(=O)c2nc(-c3ccccc3)sc2N2CCCC2)CC1. The zero-order valence-corrected chi connectivity index (χ0v) is 23.7. The van der Waals surface area contributed by atoms with E-state index in [9.17, 15) is 24.3 Å². The van der Waals surface area contributed by atoms with E-state index in [0.717, 1.165) is 49.3 Å². The minimum atomic E-state index is -1.05. The molecular formula is C28H37N5O6S. The first-order valence-electron chi connectivity index (χ1n) is 13.9. The summed E-state index contributed by atoms with van der Waals surface area (Å²) in [6, 6.07) is 8.59. The highest BCUT2D eigenvalue weighted by Crippen LogP contribution is 2.36. The molecule has 0 spiro atoms. The number of benzene rings is 1. The summed E-state index contributed by atoms with van der Waals surface area (Å²) in [7, 11) is 0. The van der Waals surface area contributed by atoms with E-state index in [4.69, 9.17) is 4.74 Å². The predicted molar refractivity (Wildman–Crippen MR) is 152 cm³/mol. The van der Waals surface area contributed by atoms with Crippen molar-refractivity contribution >= 4 is 40.2 Å². The van der Waals surface area contributed by atoms with Crippen molar-refractivity contribution in [2.24, 2.45) is 0 Å². The zero-order chi connectivity index (χ0) is 28.5. The number of rotatable bonds is 11. The summed E-state index contributed by atoms with van der Waals surface area (Å²) in [5.74, 6) is -1.92. The molecule has 1 aromatic carbocycles. The van der Waals surface area contributed by atoms with Crippen LogP contribution in [0.1, 0.15) is 55.9 Å². The van der Waals surface area contributed by atoms with Gasteiger partial charge in [-0.1, -0.05) is 55.0 Å². The molecule has 0 radical (unpaired) electrons. The summed E-state index contributed by atoms with van der Waals surface area (Å²) in [6.07, 6.45) is 3.05. The van der Waals surface area contributed by atoms with Crippen molar-refractivity contribution in [3.63, 3.8) is 0 Å². The van der Waals surface area contributed by atoms with Gasteiger partial charge in [-0.15, -0.1) is 0 Å². The van der Waals surface area contributed by atoms with Crippen LogP contribution >= 0.6 is 11.3 Å². The summed E-state index contributed by atoms with van der Waals surface area (Å²) in [5, 5.41) is 13.6. The second-order valence-corrected chi connectivity index (χ2v) is 10.9. The van der Waals surface area contributed by atoms with Crippen molar-refractivity contribution in [2.75, 3.05) is 50.8 Å². The molecule has 2 aromatic rings. The number of piperazine rings is 1. The molecule has 1 aromatic heterocycles. The van der Waals surface area contributed by atoms with Crippen LogP contribution in [-0.2, 0) is 14.3 Å². The van der Waals surface area contributed by atoms with Gasteiger partial charge in [-0.25, -0.2) is 9.78 Å². The monoisotopic (exact) mass is 571 g/mol. The van der Waals surface area contributed by atoms with Crippen LogP contribution in [0.4, 0.5) is 9.80 Å². The number of unbranched alkanes of at least 4 members (excludes halogenated alkanes) is 1. The fourth-order valence-electron chi connectivity index (χ4n) is 4.78. The number of carboxylic acid groups (broad SMARTS) is 1. The number of carboxylic acids is 1. The molecule has 2 aliphatic rings. The molecular weight excluding hydrogens is 534 g/mol. The smallest absolute Gasteiger partial charge is 0.409 e. The Bertz CT molecular complexity index is 1180. The van der Waals surface area contributed by atoms with Crippen LogP contribution in [0.3, 0.4) is 0 Å². The molecule has 1 atom stereocenters. The zero-order valence-electron chi connectivity index (χ0n) is 22.8. The van der Waals surface area contributed by atoms with Crippen LogP contribution in [0.5, 0.6) is 0 Å². The average molecular weight is 572 g/mol. The quantitative estimate of drug-likeness (QED) is 0.392. The lowest BCUT2D eigenvalue weighted by Crippen LogP contribution is -2.56. The normalized spacial score (nSPS) is 16.1. The minimum absolute atomic E-state index is 0.0477. The number of nitrogens with zero attached hydrogens (tertiary/aromatic N) is 4. The summed E-state index contributed by atoms with van der Waals surface area (Å²) >= 11 is 1.45. The highest BCUT2D eigenvalue weighted by molar-refractivity contribution is 7.19. The van der Waals surface area contributed by atoms with Gasteiger partial charge in [0, 0.05) is 51.3 Å². The number of hydrogen-bond donors (Lipinski definition) is 2. The number of amides is 3. The van der Waals surface area contributed by atoms with Crippen molar-refractivity contribution in [3.8, 4) is 10.6 Å². The molecule has 0 aliphatic carbocycles. The maximum absolute atomic E-state index is 13.6. The number of aliphatic carboxylic acids is 1. The van der Waals surface area contributed by atoms with Crippen LogP contribution in [-0.4, -0.2) is 95.7 Å². The fraction of sp³-hybridized carbons (Fsp3) is 0.536. The second kappa shape index (κ2) is 14.1. The van der Waals surface area contributed by atoms with E-state index in [-0.39, 0.29) is 37.5 Å². The highest BCUT2D eigenvalue weighted by atomic mass is 32.1. The molecule has 216 valence electrons. The number of hydrogen-bond acceptors (Lipinski definition) is 8. The largest absolute Gasteiger partial charge is 0.481 e. The number of anilines is 1. The van der Waals surface area contributed by atoms with Gasteiger partial charge < -0.3 is 29.9 Å². The van der Waals surface area contributed by atoms with Crippen molar-refractivity contribution in [1.82, 2.24) is 20.1 Å². The minimum Gasteiger partial charge on any atom is -0.481 e. The van der Waals surface area contributed by atoms with E-state index >= 15 is 0 Å². The van der Waals surface area contributed by atoms with Gasteiger partial charge in [-0.2, -0.15) is 0 Å². The molecule has 2 saturated heterocycles. The van der Waals surface area contributed by atoms with E-state index in [1.807, 2.05) is 37.3 Å². The highest BCUT2D eigenvalue weighted by Gasteiger charge is 2.33. The van der Waals surface area contributed by atoms with Crippen molar-refractivity contribution in [3.05, 3.63) is 36.0 Å². The lowest BCUT2D eigenvalue weighted by molar-refractivity contribution is -0.138. The van der Waals surface area contributed by atoms with Crippen LogP contribution in [0.25, 0.3) is 10.6 Å². The van der Waals surface area contributed by atoms with Crippen LogP contribution in [0.15, 0.2) is 30.3 Å². The average Bonchev–Trinajstić information content (AvgIpc) is 3.66.